The maximum atomic E-state index is 14.2. The Morgan fingerprint density at radius 2 is 1.50 bits per heavy atom. The summed E-state index contributed by atoms with van der Waals surface area (Å²) >= 11 is 0. The van der Waals surface area contributed by atoms with Gasteiger partial charge in [-0.15, -0.1) is 0 Å². The van der Waals surface area contributed by atoms with Crippen LogP contribution in [0.2, 0.25) is 0 Å². The Hall–Kier alpha value is -4.92. The lowest BCUT2D eigenvalue weighted by Gasteiger charge is -2.35. The molecule has 0 aliphatic carbocycles. The molecule has 3 aromatic carbocycles. The van der Waals surface area contributed by atoms with Crippen molar-refractivity contribution in [3.8, 4) is 11.5 Å². The van der Waals surface area contributed by atoms with Gasteiger partial charge in [0.15, 0.2) is 17.3 Å². The number of hydrogen-bond acceptors (Lipinski definition) is 8. The van der Waals surface area contributed by atoms with Gasteiger partial charge in [-0.25, -0.2) is 9.69 Å². The minimum Gasteiger partial charge on any atom is -0.493 e. The maximum Gasteiger partial charge on any atom is 0.339 e. The summed E-state index contributed by atoms with van der Waals surface area (Å²) in [5.74, 6) is -2.99. The van der Waals surface area contributed by atoms with Gasteiger partial charge >= 0.3 is 5.97 Å². The smallest absolute Gasteiger partial charge is 0.339 e. The van der Waals surface area contributed by atoms with E-state index in [-0.39, 0.29) is 17.0 Å². The van der Waals surface area contributed by atoms with Crippen molar-refractivity contribution in [1.82, 2.24) is 4.90 Å². The van der Waals surface area contributed by atoms with E-state index in [4.69, 9.17) is 14.2 Å². The van der Waals surface area contributed by atoms with Crippen molar-refractivity contribution in [3.63, 3.8) is 0 Å². The number of rotatable bonds is 6. The number of esters is 1. The molecule has 0 radical (unpaired) electrons. The monoisotopic (exact) mass is 538 g/mol. The number of anilines is 1. The molecular weight excluding hydrogens is 512 g/mol. The van der Waals surface area contributed by atoms with Gasteiger partial charge in [-0.1, -0.05) is 36.4 Å². The van der Waals surface area contributed by atoms with Crippen LogP contribution in [0.25, 0.3) is 6.08 Å². The molecule has 6 rings (SSSR count). The van der Waals surface area contributed by atoms with Crippen molar-refractivity contribution in [2.45, 2.75) is 12.1 Å². The Labute approximate surface area is 230 Å². The molecule has 0 unspecified atom stereocenters. The van der Waals surface area contributed by atoms with E-state index in [0.717, 1.165) is 16.0 Å². The van der Waals surface area contributed by atoms with Crippen LogP contribution in [-0.2, 0) is 14.3 Å². The van der Waals surface area contributed by atoms with Gasteiger partial charge in [0, 0.05) is 11.8 Å². The normalized spacial score (nSPS) is 22.5. The largest absolute Gasteiger partial charge is 0.493 e. The van der Waals surface area contributed by atoms with Gasteiger partial charge in [-0.05, 0) is 47.5 Å². The topological polar surface area (TPSA) is 102 Å². The lowest BCUT2D eigenvalue weighted by Crippen LogP contribution is -2.44. The quantitative estimate of drug-likeness (QED) is 0.265. The Bertz CT molecular complexity index is 1600. The van der Waals surface area contributed by atoms with Crippen LogP contribution in [0.3, 0.4) is 0 Å². The second kappa shape index (κ2) is 9.68. The van der Waals surface area contributed by atoms with Crippen LogP contribution in [0.4, 0.5) is 5.69 Å². The lowest BCUT2D eigenvalue weighted by atomic mass is 9.83. The zero-order valence-corrected chi connectivity index (χ0v) is 22.1. The number of benzene rings is 3. The van der Waals surface area contributed by atoms with E-state index in [1.165, 1.54) is 27.4 Å². The van der Waals surface area contributed by atoms with E-state index in [1.54, 1.807) is 42.6 Å². The van der Waals surface area contributed by atoms with E-state index >= 15 is 0 Å². The van der Waals surface area contributed by atoms with Crippen LogP contribution >= 0.6 is 0 Å². The van der Waals surface area contributed by atoms with Gasteiger partial charge in [0.2, 0.25) is 11.8 Å². The molecule has 2 amide bonds. The molecule has 0 saturated carbocycles. The minimum atomic E-state index is -0.986. The molecule has 2 fully saturated rings. The van der Waals surface area contributed by atoms with Gasteiger partial charge in [-0.3, -0.25) is 14.4 Å². The summed E-state index contributed by atoms with van der Waals surface area (Å²) in [4.78, 5) is 58.0. The van der Waals surface area contributed by atoms with Crippen LogP contribution in [0.1, 0.15) is 37.9 Å². The minimum absolute atomic E-state index is 0.0928. The first-order chi connectivity index (χ1) is 19.4. The fourth-order valence-corrected chi connectivity index (χ4v) is 6.21. The average molecular weight is 539 g/mol. The Kier molecular flexibility index (Phi) is 6.14. The van der Waals surface area contributed by atoms with Crippen LogP contribution in [0, 0.1) is 11.8 Å². The van der Waals surface area contributed by atoms with Crippen molar-refractivity contribution in [2.24, 2.45) is 11.8 Å². The number of hydrogen-bond donors (Lipinski definition) is 0. The molecule has 9 nitrogen and oxygen atoms in total. The summed E-state index contributed by atoms with van der Waals surface area (Å²) in [5, 5.41) is 0. The molecule has 0 N–H and O–H groups in total. The molecule has 3 heterocycles. The van der Waals surface area contributed by atoms with Crippen LogP contribution in [-0.4, -0.2) is 55.8 Å². The molecule has 0 aromatic heterocycles. The molecule has 3 aliphatic heterocycles. The Morgan fingerprint density at radius 1 is 0.800 bits per heavy atom. The van der Waals surface area contributed by atoms with Crippen LogP contribution in [0.15, 0.2) is 72.9 Å². The molecule has 2 saturated heterocycles. The second-order valence-corrected chi connectivity index (χ2v) is 9.79. The van der Waals surface area contributed by atoms with Crippen molar-refractivity contribution < 1.29 is 33.4 Å². The molecule has 9 heteroatoms. The summed E-state index contributed by atoms with van der Waals surface area (Å²) in [5.41, 5.74) is 2.32. The molecule has 40 heavy (non-hydrogen) atoms. The predicted molar refractivity (Wildman–Crippen MR) is 145 cm³/mol. The average Bonchev–Trinajstić information content (AvgIpc) is 3.47. The van der Waals surface area contributed by atoms with Gasteiger partial charge in [-0.2, -0.15) is 0 Å². The SMILES string of the molecule is COC(=O)c1ccccc1N1C(=O)[C@@H]2[C@H](C1=O)[C@@H]1c3ccccc3C=CN1[C@H]2C(=O)c1ccc(OC)c(OC)c1. The number of carbonyl (C=O) groups is 4. The highest BCUT2D eigenvalue weighted by Gasteiger charge is 2.64. The number of Topliss-reactive ketones (excluding diaryl/α,β-unsaturated/α-hetero) is 1. The molecule has 0 spiro atoms. The number of fused-ring (bicyclic) bond motifs is 5. The number of ketones is 1. The van der Waals surface area contributed by atoms with Gasteiger partial charge in [0.05, 0.1) is 50.5 Å². The zero-order chi connectivity index (χ0) is 28.1. The summed E-state index contributed by atoms with van der Waals surface area (Å²) < 4.78 is 15.6. The highest BCUT2D eigenvalue weighted by molar-refractivity contribution is 6.26. The number of ether oxygens (including phenoxy) is 3. The summed E-state index contributed by atoms with van der Waals surface area (Å²) in [7, 11) is 4.22. The summed E-state index contributed by atoms with van der Waals surface area (Å²) in [6.07, 6.45) is 3.68. The van der Waals surface area contributed by atoms with Crippen LogP contribution < -0.4 is 14.4 Å². The van der Waals surface area contributed by atoms with E-state index in [1.807, 2.05) is 35.2 Å². The standard InChI is InChI=1S/C31H26N2O7/c1-38-22-13-12-18(16-23(22)39-2)28(34)27-25-24(26-19-9-5-4-8-17(19)14-15-32(26)27)29(35)33(30(25)36)21-11-7-6-10-20(21)31(37)40-3/h4-16,24-27H,1-3H3/t24-,25+,26-,27+/m0/s1. The highest BCUT2D eigenvalue weighted by Crippen LogP contribution is 2.54. The first kappa shape index (κ1) is 25.4. The third-order valence-corrected chi connectivity index (χ3v) is 7.95. The van der Waals surface area contributed by atoms with E-state index < -0.39 is 41.7 Å². The molecule has 4 atom stereocenters. The van der Waals surface area contributed by atoms with E-state index in [9.17, 15) is 19.2 Å². The lowest BCUT2D eigenvalue weighted by molar-refractivity contribution is -0.123. The van der Waals surface area contributed by atoms with Crippen molar-refractivity contribution in [3.05, 3.63) is 95.2 Å². The number of methoxy groups -OCH3 is 3. The van der Waals surface area contributed by atoms with Crippen molar-refractivity contribution in [2.75, 3.05) is 26.2 Å². The van der Waals surface area contributed by atoms with Gasteiger partial charge < -0.3 is 19.1 Å². The van der Waals surface area contributed by atoms with Crippen molar-refractivity contribution >= 4 is 35.3 Å². The molecule has 3 aromatic rings. The zero-order valence-electron chi connectivity index (χ0n) is 22.1. The highest BCUT2D eigenvalue weighted by atomic mass is 16.5. The molecule has 202 valence electrons. The molecule has 0 bridgehead atoms. The third kappa shape index (κ3) is 3.61. The third-order valence-electron chi connectivity index (χ3n) is 7.95. The summed E-state index contributed by atoms with van der Waals surface area (Å²) in [6.45, 7) is 0. The van der Waals surface area contributed by atoms with Gasteiger partial charge in [0.25, 0.3) is 0 Å². The van der Waals surface area contributed by atoms with E-state index in [2.05, 4.69) is 0 Å². The number of amides is 2. The molecule has 3 aliphatic rings. The second-order valence-electron chi connectivity index (χ2n) is 9.79. The maximum absolute atomic E-state index is 14.2. The number of carbonyl (C=O) groups excluding carboxylic acids is 4. The van der Waals surface area contributed by atoms with E-state index in [0.29, 0.717) is 17.1 Å². The fraction of sp³-hybridized carbons (Fsp3) is 0.226. The van der Waals surface area contributed by atoms with Gasteiger partial charge in [0.1, 0.15) is 6.04 Å². The Morgan fingerprint density at radius 3 is 2.25 bits per heavy atom. The Balaban J connectivity index is 1.50. The predicted octanol–water partition coefficient (Wildman–Crippen LogP) is 3.89. The number of imide groups is 1. The first-order valence-corrected chi connectivity index (χ1v) is 12.8. The summed E-state index contributed by atoms with van der Waals surface area (Å²) in [6, 6.07) is 17.3. The fourth-order valence-electron chi connectivity index (χ4n) is 6.21. The van der Waals surface area contributed by atoms with Crippen LogP contribution in [0.5, 0.6) is 11.5 Å². The molecular formula is C31H26N2O7. The van der Waals surface area contributed by atoms with Crippen molar-refractivity contribution in [1.29, 1.82) is 0 Å². The first-order valence-electron chi connectivity index (χ1n) is 12.8. The number of nitrogens with zero attached hydrogens (tertiary/aromatic N) is 2. The number of para-hydroxylation sites is 1.